The van der Waals surface area contributed by atoms with E-state index in [1.165, 1.54) is 0 Å². The molecule has 0 unspecified atom stereocenters. The summed E-state index contributed by atoms with van der Waals surface area (Å²) in [7, 11) is 0. The van der Waals surface area contributed by atoms with Crippen LogP contribution in [0.5, 0.6) is 0 Å². The number of rotatable bonds is 4. The Morgan fingerprint density at radius 1 is 1.25 bits per heavy atom. The van der Waals surface area contributed by atoms with Gasteiger partial charge in [-0.1, -0.05) is 13.3 Å². The van der Waals surface area contributed by atoms with E-state index in [4.69, 9.17) is 0 Å². The zero-order valence-electron chi connectivity index (χ0n) is 15.4. The third-order valence-corrected chi connectivity index (χ3v) is 4.62. The highest BCUT2D eigenvalue weighted by atomic mass is 19.3. The van der Waals surface area contributed by atoms with Crippen molar-refractivity contribution in [2.75, 3.05) is 5.32 Å². The summed E-state index contributed by atoms with van der Waals surface area (Å²) in [6.45, 7) is 4.19. The molecule has 1 amide bonds. The molecule has 0 saturated heterocycles. The summed E-state index contributed by atoms with van der Waals surface area (Å²) in [6, 6.07) is 7.61. The predicted octanol–water partition coefficient (Wildman–Crippen LogP) is 4.64. The number of amides is 1. The molecule has 0 aliphatic heterocycles. The normalized spacial score (nSPS) is 11.1. The first-order valence-corrected chi connectivity index (χ1v) is 8.92. The lowest BCUT2D eigenvalue weighted by molar-refractivity contribution is -0.0544. The van der Waals surface area contributed by atoms with E-state index in [1.54, 1.807) is 18.5 Å². The lowest BCUT2D eigenvalue weighted by atomic mass is 10.0. The van der Waals surface area contributed by atoms with Crippen LogP contribution in [-0.2, 0) is 11.4 Å². The van der Waals surface area contributed by atoms with E-state index in [2.05, 4.69) is 45.2 Å². The summed E-state index contributed by atoms with van der Waals surface area (Å²) in [5, 5.41) is 8.35. The lowest BCUT2D eigenvalue weighted by Gasteiger charge is -2.12. The van der Waals surface area contributed by atoms with Gasteiger partial charge in [-0.05, 0) is 43.2 Å². The number of hydrogen-bond acceptors (Lipinski definition) is 5. The highest BCUT2D eigenvalue weighted by Gasteiger charge is 2.14. The molecule has 0 radical (unpaired) electrons. The Morgan fingerprint density at radius 3 is 2.86 bits per heavy atom. The van der Waals surface area contributed by atoms with Crippen LogP contribution in [0.3, 0.4) is 0 Å². The van der Waals surface area contributed by atoms with Crippen molar-refractivity contribution in [1.82, 2.24) is 19.6 Å². The summed E-state index contributed by atoms with van der Waals surface area (Å²) in [5.74, 6) is 0.188. The van der Waals surface area contributed by atoms with E-state index < -0.39 is 6.09 Å². The fraction of sp³-hybridized carbons (Fsp3) is 0.200. The molecule has 0 aliphatic carbocycles. The molecule has 1 N–H and O–H groups in total. The molecule has 0 spiro atoms. The third kappa shape index (κ3) is 3.13. The molecular formula is C20H18FN5O2. The van der Waals surface area contributed by atoms with E-state index >= 15 is 0 Å². The van der Waals surface area contributed by atoms with Crippen molar-refractivity contribution in [3.05, 3.63) is 54.1 Å². The maximum atomic E-state index is 12.0. The standard InChI is InChI=1S/C20H18FN5O2/c1-3-4-14-7-12(2)16(11-22-14)18-8-13-10-23-19(25-20(27)28-21)9-15(13)17-5-6-24-26(17)18/h5-11H,3-4H2,1-2H3,(H,23,25,27). The van der Waals surface area contributed by atoms with Crippen molar-refractivity contribution in [2.24, 2.45) is 0 Å². The highest BCUT2D eigenvalue weighted by Crippen LogP contribution is 2.30. The Balaban J connectivity index is 1.87. The van der Waals surface area contributed by atoms with Crippen molar-refractivity contribution < 1.29 is 14.3 Å². The Hall–Kier alpha value is -3.55. The quantitative estimate of drug-likeness (QED) is 0.559. The number of anilines is 1. The molecule has 4 aromatic rings. The van der Waals surface area contributed by atoms with Gasteiger partial charge in [-0.3, -0.25) is 10.3 Å². The molecule has 7 nitrogen and oxygen atoms in total. The van der Waals surface area contributed by atoms with E-state index in [-0.39, 0.29) is 5.82 Å². The number of nitrogens with one attached hydrogen (secondary N) is 1. The molecule has 0 aromatic carbocycles. The fourth-order valence-electron chi connectivity index (χ4n) is 3.37. The molecule has 142 valence electrons. The first-order chi connectivity index (χ1) is 13.6. The predicted molar refractivity (Wildman–Crippen MR) is 104 cm³/mol. The Labute approximate surface area is 160 Å². The largest absolute Gasteiger partial charge is 0.450 e. The number of aromatic nitrogens is 4. The average molecular weight is 379 g/mol. The molecular weight excluding hydrogens is 361 g/mol. The van der Waals surface area contributed by atoms with Gasteiger partial charge in [-0.2, -0.15) is 5.10 Å². The summed E-state index contributed by atoms with van der Waals surface area (Å²) in [5.41, 5.74) is 4.90. The van der Waals surface area contributed by atoms with Crippen molar-refractivity contribution in [3.63, 3.8) is 0 Å². The molecule has 0 fully saturated rings. The second-order valence-electron chi connectivity index (χ2n) is 6.54. The lowest BCUT2D eigenvalue weighted by Crippen LogP contribution is -2.10. The van der Waals surface area contributed by atoms with E-state index in [9.17, 15) is 9.32 Å². The van der Waals surface area contributed by atoms with Gasteiger partial charge in [0, 0.05) is 38.9 Å². The van der Waals surface area contributed by atoms with Crippen LogP contribution in [0.25, 0.3) is 27.5 Å². The molecule has 0 aliphatic rings. The molecule has 4 heterocycles. The number of aryl methyl sites for hydroxylation is 2. The maximum Gasteiger partial charge on any atom is 0.450 e. The second kappa shape index (κ2) is 7.22. The first-order valence-electron chi connectivity index (χ1n) is 8.92. The minimum Gasteiger partial charge on any atom is -0.273 e. The zero-order chi connectivity index (χ0) is 19.7. The monoisotopic (exact) mass is 379 g/mol. The fourth-order valence-corrected chi connectivity index (χ4v) is 3.37. The van der Waals surface area contributed by atoms with Gasteiger partial charge in [0.25, 0.3) is 0 Å². The van der Waals surface area contributed by atoms with Gasteiger partial charge in [0.2, 0.25) is 0 Å². The molecule has 4 aromatic heterocycles. The van der Waals surface area contributed by atoms with E-state index in [1.807, 2.05) is 22.8 Å². The van der Waals surface area contributed by atoms with Crippen LogP contribution in [-0.4, -0.2) is 25.7 Å². The molecule has 0 saturated carbocycles. The topological polar surface area (TPSA) is 81.4 Å². The van der Waals surface area contributed by atoms with Crippen LogP contribution in [0.1, 0.15) is 24.6 Å². The van der Waals surface area contributed by atoms with Crippen molar-refractivity contribution >= 4 is 28.2 Å². The number of carbonyl (C=O) groups excluding carboxylic acids is 1. The van der Waals surface area contributed by atoms with E-state index in [0.717, 1.165) is 51.6 Å². The van der Waals surface area contributed by atoms with Crippen LogP contribution < -0.4 is 5.32 Å². The Bertz CT molecular complexity index is 1190. The maximum absolute atomic E-state index is 12.0. The van der Waals surface area contributed by atoms with Gasteiger partial charge < -0.3 is 0 Å². The molecule has 0 atom stereocenters. The first kappa shape index (κ1) is 17.8. The summed E-state index contributed by atoms with van der Waals surface area (Å²) >= 11 is 0. The molecule has 8 heteroatoms. The number of carbonyl (C=O) groups is 1. The van der Waals surface area contributed by atoms with Gasteiger partial charge in [0.15, 0.2) is 0 Å². The number of pyridine rings is 3. The second-order valence-corrected chi connectivity index (χ2v) is 6.54. The van der Waals surface area contributed by atoms with Crippen molar-refractivity contribution in [1.29, 1.82) is 0 Å². The van der Waals surface area contributed by atoms with Crippen LogP contribution in [0.2, 0.25) is 0 Å². The molecule has 4 rings (SSSR count). The van der Waals surface area contributed by atoms with Gasteiger partial charge in [0.1, 0.15) is 5.82 Å². The Morgan fingerprint density at radius 2 is 2.11 bits per heavy atom. The summed E-state index contributed by atoms with van der Waals surface area (Å²) < 4.78 is 13.8. The van der Waals surface area contributed by atoms with Crippen molar-refractivity contribution in [3.8, 4) is 11.3 Å². The van der Waals surface area contributed by atoms with Crippen LogP contribution >= 0.6 is 0 Å². The minimum absolute atomic E-state index is 0.188. The number of fused-ring (bicyclic) bond motifs is 3. The highest BCUT2D eigenvalue weighted by molar-refractivity contribution is 6.00. The van der Waals surface area contributed by atoms with Crippen LogP contribution in [0, 0.1) is 6.92 Å². The number of hydrogen-bond donors (Lipinski definition) is 1. The smallest absolute Gasteiger partial charge is 0.273 e. The average Bonchev–Trinajstić information content (AvgIpc) is 3.18. The van der Waals surface area contributed by atoms with Crippen molar-refractivity contribution in [2.45, 2.75) is 26.7 Å². The molecule has 0 bridgehead atoms. The zero-order valence-corrected chi connectivity index (χ0v) is 15.4. The van der Waals surface area contributed by atoms with Gasteiger partial charge >= 0.3 is 6.09 Å². The minimum atomic E-state index is -1.22. The van der Waals surface area contributed by atoms with Crippen LogP contribution in [0.15, 0.2) is 42.9 Å². The number of halogens is 1. The Kier molecular flexibility index (Phi) is 4.60. The summed E-state index contributed by atoms with van der Waals surface area (Å²) in [6.07, 6.45) is 5.97. The molecule has 28 heavy (non-hydrogen) atoms. The van der Waals surface area contributed by atoms with Gasteiger partial charge in [0.05, 0.1) is 17.4 Å². The van der Waals surface area contributed by atoms with Gasteiger partial charge in [-0.25, -0.2) is 19.2 Å². The van der Waals surface area contributed by atoms with Gasteiger partial charge in [-0.15, -0.1) is 0 Å². The SMILES string of the molecule is CCCc1cc(C)c(-c2cc3cnc(NC(=O)OF)cc3c3ccnn23)cn1. The third-order valence-electron chi connectivity index (χ3n) is 4.62. The van der Waals surface area contributed by atoms with Crippen LogP contribution in [0.4, 0.5) is 15.1 Å². The summed E-state index contributed by atoms with van der Waals surface area (Å²) in [4.78, 5) is 23.0. The van der Waals surface area contributed by atoms with E-state index in [0.29, 0.717) is 0 Å². The number of nitrogens with zero attached hydrogens (tertiary/aromatic N) is 4.